The van der Waals surface area contributed by atoms with Gasteiger partial charge in [0.05, 0.1) is 6.04 Å². The highest BCUT2D eigenvalue weighted by Gasteiger charge is 2.30. The molecule has 1 fully saturated rings. The monoisotopic (exact) mass is 241 g/mol. The van der Waals surface area contributed by atoms with Crippen molar-refractivity contribution in [1.29, 1.82) is 0 Å². The van der Waals surface area contributed by atoms with Crippen molar-refractivity contribution < 1.29 is 5.21 Å². The number of nitrogens with two attached hydrogens (primary N) is 1. The van der Waals surface area contributed by atoms with E-state index in [0.29, 0.717) is 17.8 Å². The van der Waals surface area contributed by atoms with Gasteiger partial charge in [-0.25, -0.2) is 0 Å². The van der Waals surface area contributed by atoms with Crippen LogP contribution in [0.4, 0.5) is 0 Å². The topological polar surface area (TPSA) is 61.9 Å². The second-order valence-electron chi connectivity index (χ2n) is 5.48. The molecular weight excluding hydrogens is 214 g/mol. The molecule has 0 spiro atoms. The van der Waals surface area contributed by atoms with Crippen molar-refractivity contribution in [3.05, 3.63) is 0 Å². The van der Waals surface area contributed by atoms with Crippen molar-refractivity contribution >= 4 is 5.84 Å². The van der Waals surface area contributed by atoms with Crippen LogP contribution in [0.25, 0.3) is 0 Å². The van der Waals surface area contributed by atoms with Gasteiger partial charge in [-0.05, 0) is 25.2 Å². The van der Waals surface area contributed by atoms with E-state index in [-0.39, 0.29) is 6.04 Å². The third-order valence-electron chi connectivity index (χ3n) is 3.61. The summed E-state index contributed by atoms with van der Waals surface area (Å²) in [4.78, 5) is 2.45. The lowest BCUT2D eigenvalue weighted by Gasteiger charge is -2.36. The maximum Gasteiger partial charge on any atom is 0.156 e. The molecule has 0 amide bonds. The van der Waals surface area contributed by atoms with Gasteiger partial charge in [-0.1, -0.05) is 38.8 Å². The molecule has 0 radical (unpaired) electrons. The molecule has 1 saturated carbocycles. The van der Waals surface area contributed by atoms with Crippen LogP contribution in [0, 0.1) is 5.92 Å². The van der Waals surface area contributed by atoms with E-state index in [1.807, 2.05) is 0 Å². The van der Waals surface area contributed by atoms with Crippen LogP contribution < -0.4 is 5.73 Å². The normalized spacial score (nSPS) is 20.4. The van der Waals surface area contributed by atoms with Gasteiger partial charge in [0.25, 0.3) is 0 Å². The van der Waals surface area contributed by atoms with Gasteiger partial charge in [-0.2, -0.15) is 0 Å². The zero-order chi connectivity index (χ0) is 12.8. The van der Waals surface area contributed by atoms with Gasteiger partial charge in [-0.3, -0.25) is 4.90 Å². The fourth-order valence-corrected chi connectivity index (χ4v) is 2.87. The Kier molecular flexibility index (Phi) is 5.75. The lowest BCUT2D eigenvalue weighted by atomic mass is 10.0. The quantitative estimate of drug-likeness (QED) is 0.325. The highest BCUT2D eigenvalue weighted by atomic mass is 16.4. The molecule has 4 heteroatoms. The van der Waals surface area contributed by atoms with E-state index >= 15 is 0 Å². The molecule has 0 aliphatic heterocycles. The van der Waals surface area contributed by atoms with Crippen molar-refractivity contribution in [1.82, 2.24) is 4.90 Å². The summed E-state index contributed by atoms with van der Waals surface area (Å²) in [5, 5.41) is 12.1. The van der Waals surface area contributed by atoms with Crippen LogP contribution >= 0.6 is 0 Å². The first-order chi connectivity index (χ1) is 8.10. The fourth-order valence-electron chi connectivity index (χ4n) is 2.87. The first kappa shape index (κ1) is 14.3. The molecule has 0 aromatic heterocycles. The molecule has 0 aromatic rings. The highest BCUT2D eigenvalue weighted by Crippen LogP contribution is 2.26. The van der Waals surface area contributed by atoms with Crippen molar-refractivity contribution in [2.45, 2.75) is 65.0 Å². The van der Waals surface area contributed by atoms with Crippen LogP contribution in [-0.4, -0.2) is 34.6 Å². The SMILES string of the molecule is CCC(C(N)=NO)N(CC(C)C)C1CCCC1. The fraction of sp³-hybridized carbons (Fsp3) is 0.923. The van der Waals surface area contributed by atoms with E-state index in [2.05, 4.69) is 30.8 Å². The Morgan fingerprint density at radius 1 is 1.41 bits per heavy atom. The number of amidine groups is 1. The summed E-state index contributed by atoms with van der Waals surface area (Å²) in [6.07, 6.45) is 6.03. The third-order valence-corrected chi connectivity index (χ3v) is 3.61. The standard InChI is InChI=1S/C13H27N3O/c1-4-12(13(14)15-17)16(9-10(2)3)11-7-5-6-8-11/h10-12,17H,4-9H2,1-3H3,(H2,14,15). The average Bonchev–Trinajstić information content (AvgIpc) is 2.81. The van der Waals surface area contributed by atoms with Gasteiger partial charge >= 0.3 is 0 Å². The van der Waals surface area contributed by atoms with Gasteiger partial charge in [-0.15, -0.1) is 0 Å². The van der Waals surface area contributed by atoms with Crippen LogP contribution in [-0.2, 0) is 0 Å². The molecule has 1 unspecified atom stereocenters. The molecule has 0 aromatic carbocycles. The van der Waals surface area contributed by atoms with Gasteiger partial charge < -0.3 is 10.9 Å². The minimum absolute atomic E-state index is 0.0884. The summed E-state index contributed by atoms with van der Waals surface area (Å²) in [5.74, 6) is 0.969. The van der Waals surface area contributed by atoms with E-state index < -0.39 is 0 Å². The second kappa shape index (κ2) is 6.84. The van der Waals surface area contributed by atoms with Crippen LogP contribution in [0.15, 0.2) is 5.16 Å². The molecular formula is C13H27N3O. The molecule has 1 rings (SSSR count). The highest BCUT2D eigenvalue weighted by molar-refractivity contribution is 5.85. The van der Waals surface area contributed by atoms with Crippen LogP contribution in [0.2, 0.25) is 0 Å². The predicted octanol–water partition coefficient (Wildman–Crippen LogP) is 2.41. The molecule has 1 aliphatic rings. The predicted molar refractivity (Wildman–Crippen MR) is 71.3 cm³/mol. The first-order valence-electron chi connectivity index (χ1n) is 6.83. The molecule has 100 valence electrons. The minimum Gasteiger partial charge on any atom is -0.409 e. The van der Waals surface area contributed by atoms with Crippen LogP contribution in [0.3, 0.4) is 0 Å². The minimum atomic E-state index is 0.0884. The molecule has 3 N–H and O–H groups in total. The molecule has 1 atom stereocenters. The summed E-state index contributed by atoms with van der Waals surface area (Å²) in [6.45, 7) is 7.58. The Bertz CT molecular complexity index is 247. The average molecular weight is 241 g/mol. The molecule has 0 heterocycles. The number of rotatable bonds is 6. The molecule has 1 aliphatic carbocycles. The lowest BCUT2D eigenvalue weighted by molar-refractivity contribution is 0.145. The Balaban J connectivity index is 2.78. The number of nitrogens with zero attached hydrogens (tertiary/aromatic N) is 2. The zero-order valence-electron chi connectivity index (χ0n) is 11.4. The maximum atomic E-state index is 8.90. The van der Waals surface area contributed by atoms with E-state index in [4.69, 9.17) is 10.9 Å². The van der Waals surface area contributed by atoms with Gasteiger partial charge in [0.2, 0.25) is 0 Å². The number of oxime groups is 1. The third kappa shape index (κ3) is 3.87. The van der Waals surface area contributed by atoms with E-state index in [0.717, 1.165) is 13.0 Å². The molecule has 0 bridgehead atoms. The first-order valence-corrected chi connectivity index (χ1v) is 6.83. The Morgan fingerprint density at radius 2 is 2.00 bits per heavy atom. The second-order valence-corrected chi connectivity index (χ2v) is 5.48. The maximum absolute atomic E-state index is 8.90. The summed E-state index contributed by atoms with van der Waals surface area (Å²) in [5.41, 5.74) is 5.83. The van der Waals surface area contributed by atoms with E-state index in [9.17, 15) is 0 Å². The summed E-state index contributed by atoms with van der Waals surface area (Å²) >= 11 is 0. The Labute approximate surface area is 105 Å². The van der Waals surface area contributed by atoms with Crippen molar-refractivity contribution in [3.63, 3.8) is 0 Å². The smallest absolute Gasteiger partial charge is 0.156 e. The van der Waals surface area contributed by atoms with Crippen molar-refractivity contribution in [2.24, 2.45) is 16.8 Å². The van der Waals surface area contributed by atoms with Crippen molar-refractivity contribution in [3.8, 4) is 0 Å². The largest absolute Gasteiger partial charge is 0.409 e. The van der Waals surface area contributed by atoms with E-state index in [1.54, 1.807) is 0 Å². The molecule has 4 nitrogen and oxygen atoms in total. The summed E-state index contributed by atoms with van der Waals surface area (Å²) in [6, 6.07) is 0.702. The van der Waals surface area contributed by atoms with Gasteiger partial charge in [0.15, 0.2) is 5.84 Å². The van der Waals surface area contributed by atoms with Gasteiger partial charge in [0, 0.05) is 12.6 Å². The number of hydrogen-bond acceptors (Lipinski definition) is 3. The zero-order valence-corrected chi connectivity index (χ0v) is 11.4. The lowest BCUT2D eigenvalue weighted by Crippen LogP contribution is -2.50. The Hall–Kier alpha value is -0.770. The van der Waals surface area contributed by atoms with Gasteiger partial charge in [0.1, 0.15) is 0 Å². The Morgan fingerprint density at radius 3 is 2.41 bits per heavy atom. The van der Waals surface area contributed by atoms with E-state index in [1.165, 1.54) is 25.7 Å². The summed E-state index contributed by atoms with van der Waals surface area (Å²) < 4.78 is 0. The van der Waals surface area contributed by atoms with Crippen molar-refractivity contribution in [2.75, 3.05) is 6.54 Å². The summed E-state index contributed by atoms with van der Waals surface area (Å²) in [7, 11) is 0. The number of hydrogen-bond donors (Lipinski definition) is 2. The van der Waals surface area contributed by atoms with Crippen LogP contribution in [0.1, 0.15) is 52.9 Å². The van der Waals surface area contributed by atoms with Crippen LogP contribution in [0.5, 0.6) is 0 Å². The molecule has 0 saturated heterocycles. The molecule has 17 heavy (non-hydrogen) atoms.